The van der Waals surface area contributed by atoms with Crippen molar-refractivity contribution >= 4 is 22.5 Å². The fourth-order valence-electron chi connectivity index (χ4n) is 4.05. The van der Waals surface area contributed by atoms with E-state index >= 15 is 0 Å². The summed E-state index contributed by atoms with van der Waals surface area (Å²) in [4.78, 5) is 6.73. The molecule has 2 aromatic heterocycles. The maximum Gasteiger partial charge on any atom is 0.143 e. The number of hydrogen-bond donors (Lipinski definition) is 0. The van der Waals surface area contributed by atoms with Gasteiger partial charge in [-0.15, -0.1) is 0 Å². The Morgan fingerprint density at radius 3 is 2.53 bits per heavy atom. The lowest BCUT2D eigenvalue weighted by Crippen LogP contribution is -2.22. The summed E-state index contributed by atoms with van der Waals surface area (Å²) in [5.41, 5.74) is 5.42. The van der Waals surface area contributed by atoms with Gasteiger partial charge in [0.2, 0.25) is 0 Å². The summed E-state index contributed by atoms with van der Waals surface area (Å²) < 4.78 is 8.03. The summed E-state index contributed by atoms with van der Waals surface area (Å²) in [6.07, 6.45) is 6.02. The number of likely N-dealkylation sites (N-methyl/N-ethyl adjacent to an activating group) is 1. The van der Waals surface area contributed by atoms with Crippen LogP contribution in [0.4, 0.5) is 0 Å². The summed E-state index contributed by atoms with van der Waals surface area (Å²) in [5, 5.41) is 1.88. The second-order valence-corrected chi connectivity index (χ2v) is 8.33. The lowest BCUT2D eigenvalue weighted by molar-refractivity contribution is 0.339. The first-order valence-corrected chi connectivity index (χ1v) is 10.4. The van der Waals surface area contributed by atoms with Gasteiger partial charge in [0.25, 0.3) is 0 Å². The van der Waals surface area contributed by atoms with Gasteiger partial charge in [0, 0.05) is 58.3 Å². The standard InChI is InChI=1S/C25H26ClN3O/c1-17(15-28(2)3)29-16-23(22-9-6-10-24(30-4)25(22)29)20-11-19(13-27-14-20)18-7-5-8-21(26)12-18/h5-14,16-17H,15H2,1-4H3. The third kappa shape index (κ3) is 3.93. The highest BCUT2D eigenvalue weighted by molar-refractivity contribution is 6.30. The van der Waals surface area contributed by atoms with Crippen molar-refractivity contribution in [1.29, 1.82) is 0 Å². The van der Waals surface area contributed by atoms with E-state index in [0.717, 1.165) is 50.5 Å². The number of halogens is 1. The van der Waals surface area contributed by atoms with E-state index < -0.39 is 0 Å². The monoisotopic (exact) mass is 419 g/mol. The molecule has 0 aliphatic heterocycles. The highest BCUT2D eigenvalue weighted by Crippen LogP contribution is 2.38. The van der Waals surface area contributed by atoms with Crippen LogP contribution in [0.25, 0.3) is 33.2 Å². The van der Waals surface area contributed by atoms with Crippen molar-refractivity contribution in [1.82, 2.24) is 14.5 Å². The van der Waals surface area contributed by atoms with Crippen LogP contribution in [0, 0.1) is 0 Å². The van der Waals surface area contributed by atoms with E-state index in [9.17, 15) is 0 Å². The molecule has 0 fully saturated rings. The third-order valence-electron chi connectivity index (χ3n) is 5.35. The summed E-state index contributed by atoms with van der Waals surface area (Å²) in [6.45, 7) is 3.17. The van der Waals surface area contributed by atoms with Crippen LogP contribution in [0.15, 0.2) is 67.1 Å². The molecule has 0 N–H and O–H groups in total. The third-order valence-corrected chi connectivity index (χ3v) is 5.58. The van der Waals surface area contributed by atoms with Crippen LogP contribution < -0.4 is 4.74 Å². The Balaban J connectivity index is 1.88. The Morgan fingerprint density at radius 1 is 1.03 bits per heavy atom. The molecule has 1 atom stereocenters. The smallest absolute Gasteiger partial charge is 0.143 e. The molecule has 0 aliphatic carbocycles. The van der Waals surface area contributed by atoms with E-state index in [1.165, 1.54) is 0 Å². The van der Waals surface area contributed by atoms with Crippen molar-refractivity contribution in [2.24, 2.45) is 0 Å². The SMILES string of the molecule is COc1cccc2c(-c3cncc(-c4cccc(Cl)c4)c3)cn(C(C)CN(C)C)c12. The van der Waals surface area contributed by atoms with Gasteiger partial charge in [-0.2, -0.15) is 0 Å². The maximum atomic E-state index is 6.20. The quantitative estimate of drug-likeness (QED) is 0.375. The molecule has 4 nitrogen and oxygen atoms in total. The van der Waals surface area contributed by atoms with Crippen LogP contribution in [0.2, 0.25) is 5.02 Å². The van der Waals surface area contributed by atoms with Gasteiger partial charge in [-0.1, -0.05) is 35.9 Å². The number of ether oxygens (including phenoxy) is 1. The van der Waals surface area contributed by atoms with E-state index in [0.29, 0.717) is 0 Å². The Hall–Kier alpha value is -2.82. The number of rotatable bonds is 6. The van der Waals surface area contributed by atoms with Gasteiger partial charge >= 0.3 is 0 Å². The van der Waals surface area contributed by atoms with Gasteiger partial charge in [-0.3, -0.25) is 4.98 Å². The second-order valence-electron chi connectivity index (χ2n) is 7.89. The van der Waals surface area contributed by atoms with Crippen molar-refractivity contribution in [3.63, 3.8) is 0 Å². The topological polar surface area (TPSA) is 30.3 Å². The number of methoxy groups -OCH3 is 1. The predicted molar refractivity (Wildman–Crippen MR) is 125 cm³/mol. The minimum absolute atomic E-state index is 0.289. The number of nitrogens with zero attached hydrogens (tertiary/aromatic N) is 3. The zero-order valence-electron chi connectivity index (χ0n) is 17.8. The Kier molecular flexibility index (Phi) is 5.80. The lowest BCUT2D eigenvalue weighted by Gasteiger charge is -2.20. The number of benzene rings is 2. The molecule has 0 spiro atoms. The van der Waals surface area contributed by atoms with Crippen molar-refractivity contribution in [3.8, 4) is 28.0 Å². The first-order valence-electron chi connectivity index (χ1n) is 10.0. The number of pyridine rings is 1. The molecule has 0 aliphatic rings. The van der Waals surface area contributed by atoms with Crippen LogP contribution in [0.1, 0.15) is 13.0 Å². The first-order chi connectivity index (χ1) is 14.5. The second kappa shape index (κ2) is 8.50. The Bertz CT molecular complexity index is 1180. The molecular weight excluding hydrogens is 394 g/mol. The van der Waals surface area contributed by atoms with Crippen molar-refractivity contribution < 1.29 is 4.74 Å². The zero-order chi connectivity index (χ0) is 21.3. The molecule has 0 saturated carbocycles. The number of para-hydroxylation sites is 1. The Morgan fingerprint density at radius 2 is 1.80 bits per heavy atom. The highest BCUT2D eigenvalue weighted by atomic mass is 35.5. The van der Waals surface area contributed by atoms with E-state index in [-0.39, 0.29) is 6.04 Å². The molecule has 5 heteroatoms. The normalized spacial score (nSPS) is 12.5. The number of hydrogen-bond acceptors (Lipinski definition) is 3. The van der Waals surface area contributed by atoms with Crippen molar-refractivity contribution in [3.05, 3.63) is 72.1 Å². The van der Waals surface area contributed by atoms with Gasteiger partial charge in [0.15, 0.2) is 0 Å². The predicted octanol–water partition coefficient (Wildman–Crippen LogP) is 6.15. The molecule has 1 unspecified atom stereocenters. The van der Waals surface area contributed by atoms with Gasteiger partial charge in [-0.05, 0) is 50.8 Å². The molecule has 0 saturated heterocycles. The molecule has 30 heavy (non-hydrogen) atoms. The minimum atomic E-state index is 0.289. The summed E-state index contributed by atoms with van der Waals surface area (Å²) in [7, 11) is 5.92. The zero-order valence-corrected chi connectivity index (χ0v) is 18.5. The average molecular weight is 420 g/mol. The van der Waals surface area contributed by atoms with Crippen LogP contribution in [-0.4, -0.2) is 42.2 Å². The maximum absolute atomic E-state index is 6.20. The summed E-state index contributed by atoms with van der Waals surface area (Å²) in [5.74, 6) is 0.878. The van der Waals surface area contributed by atoms with E-state index in [1.54, 1.807) is 7.11 Å². The van der Waals surface area contributed by atoms with Crippen LogP contribution >= 0.6 is 11.6 Å². The number of aromatic nitrogens is 2. The van der Waals surface area contributed by atoms with Crippen molar-refractivity contribution in [2.75, 3.05) is 27.7 Å². The largest absolute Gasteiger partial charge is 0.495 e. The van der Waals surface area contributed by atoms with Crippen LogP contribution in [-0.2, 0) is 0 Å². The fourth-order valence-corrected chi connectivity index (χ4v) is 4.24. The fraction of sp³-hybridized carbons (Fsp3) is 0.240. The Labute approximate surface area is 182 Å². The average Bonchev–Trinajstić information content (AvgIpc) is 3.13. The van der Waals surface area contributed by atoms with Gasteiger partial charge in [-0.25, -0.2) is 0 Å². The molecule has 4 rings (SSSR count). The first kappa shape index (κ1) is 20.5. The lowest BCUT2D eigenvalue weighted by atomic mass is 10.0. The summed E-state index contributed by atoms with van der Waals surface area (Å²) >= 11 is 6.20. The molecule has 0 radical (unpaired) electrons. The summed E-state index contributed by atoms with van der Waals surface area (Å²) in [6, 6.07) is 16.5. The van der Waals surface area contributed by atoms with E-state index in [4.69, 9.17) is 16.3 Å². The molecular formula is C25H26ClN3O. The molecule has 0 amide bonds. The van der Waals surface area contributed by atoms with Gasteiger partial charge in [0.1, 0.15) is 5.75 Å². The molecule has 2 heterocycles. The van der Waals surface area contributed by atoms with Gasteiger partial charge < -0.3 is 14.2 Å². The van der Waals surface area contributed by atoms with E-state index in [2.05, 4.69) is 59.9 Å². The molecule has 2 aromatic carbocycles. The van der Waals surface area contributed by atoms with E-state index in [1.807, 2.05) is 42.7 Å². The van der Waals surface area contributed by atoms with Crippen LogP contribution in [0.3, 0.4) is 0 Å². The highest BCUT2D eigenvalue weighted by Gasteiger charge is 2.18. The molecule has 154 valence electrons. The van der Waals surface area contributed by atoms with Crippen LogP contribution in [0.5, 0.6) is 5.75 Å². The molecule has 4 aromatic rings. The van der Waals surface area contributed by atoms with Crippen molar-refractivity contribution in [2.45, 2.75) is 13.0 Å². The van der Waals surface area contributed by atoms with Gasteiger partial charge in [0.05, 0.1) is 12.6 Å². The minimum Gasteiger partial charge on any atom is -0.495 e. The molecule has 0 bridgehead atoms. The number of fused-ring (bicyclic) bond motifs is 1.